The Bertz CT molecular complexity index is 4270. The summed E-state index contributed by atoms with van der Waals surface area (Å²) in [4.78, 5) is 9.97. The van der Waals surface area contributed by atoms with Gasteiger partial charge in [0.05, 0.1) is 33.5 Å². The Morgan fingerprint density at radius 2 is 1.21 bits per heavy atom. The third kappa shape index (κ3) is 6.75. The lowest BCUT2D eigenvalue weighted by Gasteiger charge is -2.14. The standard InChI is InChI=1S/C68H48N4/c1-69-60-27-12-10-23-56(60)68(47-32-30-45(31-33-47)44-16-4-2-5-17-44)70-43-71-61-38-37-49(42-59(61)66-53-22-9-8-18-46(53)36-39-63(66)71)48-34-35-50-40-51-19-14-25-54(65(51)58(50)41-48)55-26-15-29-64-67(55)57-24-11-13-28-62(57)72(64)52-20-6-3-7-21-52/h2,4-6,8-39,41-42H,1,3,7,40,43H2/b70-68-. The molecule has 10 aromatic carbocycles. The first-order chi connectivity index (χ1) is 35.7. The smallest absolute Gasteiger partial charge is 0.115 e. The molecule has 0 saturated heterocycles. The maximum Gasteiger partial charge on any atom is 0.115 e. The lowest BCUT2D eigenvalue weighted by atomic mass is 9.90. The third-order valence-corrected chi connectivity index (χ3v) is 15.2. The van der Waals surface area contributed by atoms with E-state index in [0.717, 1.165) is 58.4 Å². The molecule has 0 fully saturated rings. The minimum absolute atomic E-state index is 0.414. The second-order valence-corrected chi connectivity index (χ2v) is 19.2. The van der Waals surface area contributed by atoms with Crippen molar-refractivity contribution in [3.05, 3.63) is 253 Å². The summed E-state index contributed by atoms with van der Waals surface area (Å²) in [7, 11) is 0. The van der Waals surface area contributed by atoms with Crippen LogP contribution in [-0.2, 0) is 13.1 Å². The van der Waals surface area contributed by atoms with Crippen LogP contribution in [-0.4, -0.2) is 21.6 Å². The zero-order valence-corrected chi connectivity index (χ0v) is 39.8. The molecule has 2 aliphatic rings. The van der Waals surface area contributed by atoms with E-state index in [1.165, 1.54) is 99.1 Å². The van der Waals surface area contributed by atoms with E-state index in [2.05, 4.69) is 239 Å². The van der Waals surface area contributed by atoms with Crippen LogP contribution >= 0.6 is 0 Å². The zero-order valence-electron chi connectivity index (χ0n) is 39.8. The molecule has 0 bridgehead atoms. The Morgan fingerprint density at radius 3 is 2.08 bits per heavy atom. The van der Waals surface area contributed by atoms with Gasteiger partial charge in [-0.15, -0.1) is 0 Å². The highest BCUT2D eigenvalue weighted by Crippen LogP contribution is 2.48. The van der Waals surface area contributed by atoms with Crippen molar-refractivity contribution in [1.82, 2.24) is 9.13 Å². The predicted octanol–water partition coefficient (Wildman–Crippen LogP) is 17.6. The first-order valence-electron chi connectivity index (χ1n) is 25.0. The molecule has 0 radical (unpaired) electrons. The maximum absolute atomic E-state index is 5.52. The number of allylic oxidation sites excluding steroid dienone is 4. The molecule has 72 heavy (non-hydrogen) atoms. The van der Waals surface area contributed by atoms with Crippen molar-refractivity contribution in [3.63, 3.8) is 0 Å². The van der Waals surface area contributed by atoms with Gasteiger partial charge in [-0.05, 0) is 141 Å². The SMILES string of the molecule is C=Nc1ccccc1/C(=N\Cn1c2ccc(-c3ccc4c(c3)-c3c(cccc3-c3cccc5c3c3ccccc3n5C3=CCCC=C3)C4)cc2c2c3ccccc3ccc21)c1ccc(-c2ccccc2)cc1. The first kappa shape index (κ1) is 41.8. The number of nitrogens with zero attached hydrogens (tertiary/aromatic N) is 4. The third-order valence-electron chi connectivity index (χ3n) is 15.2. The van der Waals surface area contributed by atoms with Crippen LogP contribution in [0, 0.1) is 0 Å². The van der Waals surface area contributed by atoms with Gasteiger partial charge in [0.25, 0.3) is 0 Å². The average Bonchev–Trinajstić information content (AvgIpc) is 4.11. The Morgan fingerprint density at radius 1 is 0.486 bits per heavy atom. The number of rotatable bonds is 9. The molecule has 0 N–H and O–H groups in total. The highest BCUT2D eigenvalue weighted by Gasteiger charge is 2.26. The highest BCUT2D eigenvalue weighted by molar-refractivity contribution is 6.22. The van der Waals surface area contributed by atoms with Crippen molar-refractivity contribution in [2.24, 2.45) is 9.98 Å². The summed E-state index contributed by atoms with van der Waals surface area (Å²) in [6.07, 6.45) is 10.0. The number of hydrogen-bond donors (Lipinski definition) is 0. The van der Waals surface area contributed by atoms with E-state index in [1.54, 1.807) is 0 Å². The summed E-state index contributed by atoms with van der Waals surface area (Å²) >= 11 is 0. The molecule has 12 aromatic rings. The molecule has 0 aliphatic heterocycles. The molecule has 0 spiro atoms. The summed E-state index contributed by atoms with van der Waals surface area (Å²) in [6.45, 7) is 4.36. The van der Waals surface area contributed by atoms with Gasteiger partial charge in [-0.25, -0.2) is 0 Å². The molecular formula is C68H48N4. The fraction of sp³-hybridized carbons (Fsp3) is 0.0588. The second-order valence-electron chi connectivity index (χ2n) is 19.2. The Balaban J connectivity index is 0.903. The maximum atomic E-state index is 5.52. The highest BCUT2D eigenvalue weighted by atomic mass is 15.1. The number of benzene rings is 10. The Labute approximate surface area is 418 Å². The van der Waals surface area contributed by atoms with Crippen molar-refractivity contribution in [2.45, 2.75) is 25.9 Å². The number of fused-ring (bicyclic) bond motifs is 11. The van der Waals surface area contributed by atoms with Gasteiger partial charge >= 0.3 is 0 Å². The van der Waals surface area contributed by atoms with E-state index in [9.17, 15) is 0 Å². The second kappa shape index (κ2) is 17.1. The quantitative estimate of drug-likeness (QED) is 0.129. The summed E-state index contributed by atoms with van der Waals surface area (Å²) in [5.74, 6) is 0. The molecule has 0 amide bonds. The van der Waals surface area contributed by atoms with Gasteiger partial charge in [-0.1, -0.05) is 182 Å². The van der Waals surface area contributed by atoms with E-state index >= 15 is 0 Å². The summed E-state index contributed by atoms with van der Waals surface area (Å²) in [6, 6.07) is 77.6. The molecule has 4 nitrogen and oxygen atoms in total. The molecule has 0 saturated carbocycles. The van der Waals surface area contributed by atoms with Gasteiger partial charge in [0.2, 0.25) is 0 Å². The minimum atomic E-state index is 0.414. The molecule has 2 heterocycles. The van der Waals surface area contributed by atoms with Crippen molar-refractivity contribution in [3.8, 4) is 44.5 Å². The summed E-state index contributed by atoms with van der Waals surface area (Å²) in [5, 5.41) is 7.49. The average molecular weight is 921 g/mol. The molecule has 0 atom stereocenters. The topological polar surface area (TPSA) is 34.6 Å². The zero-order chi connectivity index (χ0) is 47.7. The van der Waals surface area contributed by atoms with Gasteiger partial charge in [-0.3, -0.25) is 9.98 Å². The van der Waals surface area contributed by atoms with Crippen LogP contribution in [0.3, 0.4) is 0 Å². The van der Waals surface area contributed by atoms with Crippen LogP contribution in [0.15, 0.2) is 241 Å². The molecule has 2 aliphatic carbocycles. The van der Waals surface area contributed by atoms with E-state index in [-0.39, 0.29) is 0 Å². The van der Waals surface area contributed by atoms with Crippen molar-refractivity contribution in [2.75, 3.05) is 0 Å². The van der Waals surface area contributed by atoms with Gasteiger partial charge < -0.3 is 9.13 Å². The molecule has 4 heteroatoms. The van der Waals surface area contributed by atoms with Crippen molar-refractivity contribution >= 4 is 78.2 Å². The van der Waals surface area contributed by atoms with E-state index in [0.29, 0.717) is 6.67 Å². The van der Waals surface area contributed by atoms with E-state index < -0.39 is 0 Å². The molecule has 14 rings (SSSR count). The normalized spacial score (nSPS) is 13.3. The number of hydrogen-bond acceptors (Lipinski definition) is 2. The van der Waals surface area contributed by atoms with Gasteiger partial charge in [0.1, 0.15) is 6.67 Å². The first-order valence-corrected chi connectivity index (χ1v) is 25.0. The van der Waals surface area contributed by atoms with Crippen LogP contribution in [0.1, 0.15) is 35.1 Å². The fourth-order valence-corrected chi connectivity index (χ4v) is 11.9. The van der Waals surface area contributed by atoms with Crippen LogP contribution in [0.25, 0.3) is 105 Å². The lowest BCUT2D eigenvalue weighted by Crippen LogP contribution is -2.07. The number of aromatic nitrogens is 2. The van der Waals surface area contributed by atoms with Gasteiger partial charge in [0.15, 0.2) is 0 Å². The molecule has 2 aromatic heterocycles. The molecular weight excluding hydrogens is 873 g/mol. The lowest BCUT2D eigenvalue weighted by molar-refractivity contribution is 0.793. The van der Waals surface area contributed by atoms with E-state index in [4.69, 9.17) is 4.99 Å². The fourth-order valence-electron chi connectivity index (χ4n) is 11.9. The van der Waals surface area contributed by atoms with Crippen LogP contribution in [0.4, 0.5) is 5.69 Å². The van der Waals surface area contributed by atoms with E-state index in [1.807, 2.05) is 12.1 Å². The number of para-hydroxylation sites is 2. The minimum Gasteiger partial charge on any atom is -0.320 e. The predicted molar refractivity (Wildman–Crippen MR) is 305 cm³/mol. The molecule has 0 unspecified atom stereocenters. The van der Waals surface area contributed by atoms with Gasteiger partial charge in [-0.2, -0.15) is 0 Å². The monoisotopic (exact) mass is 920 g/mol. The number of aliphatic imine (C=N–C) groups is 2. The summed E-state index contributed by atoms with van der Waals surface area (Å²) < 4.78 is 4.85. The van der Waals surface area contributed by atoms with Crippen LogP contribution in [0.5, 0.6) is 0 Å². The Kier molecular flexibility index (Phi) is 9.92. The summed E-state index contributed by atoms with van der Waals surface area (Å²) in [5.41, 5.74) is 22.4. The van der Waals surface area contributed by atoms with Gasteiger partial charge in [0, 0.05) is 38.4 Å². The van der Waals surface area contributed by atoms with Crippen molar-refractivity contribution in [1.29, 1.82) is 0 Å². The van der Waals surface area contributed by atoms with Crippen LogP contribution < -0.4 is 0 Å². The largest absolute Gasteiger partial charge is 0.320 e. The van der Waals surface area contributed by atoms with Crippen LogP contribution in [0.2, 0.25) is 0 Å². The van der Waals surface area contributed by atoms with Crippen molar-refractivity contribution < 1.29 is 0 Å². The Hall–Kier alpha value is -9.12. The molecule has 340 valence electrons.